The van der Waals surface area contributed by atoms with Gasteiger partial charge in [-0.15, -0.1) is 6.42 Å². The third kappa shape index (κ3) is 4.49. The molecule has 0 aromatic heterocycles. The third-order valence-electron chi connectivity index (χ3n) is 2.16. The Bertz CT molecular complexity index is 332. The monoisotopic (exact) mass is 199 g/mol. The molecule has 0 aliphatic carbocycles. The van der Waals surface area contributed by atoms with Crippen LogP contribution in [0.2, 0.25) is 0 Å². The van der Waals surface area contributed by atoms with Crippen LogP contribution in [0.1, 0.15) is 12.5 Å². The van der Waals surface area contributed by atoms with E-state index < -0.39 is 0 Å². The minimum atomic E-state index is 0.694. The summed E-state index contributed by atoms with van der Waals surface area (Å²) in [4.78, 5) is 2.23. The van der Waals surface area contributed by atoms with Crippen molar-refractivity contribution >= 4 is 0 Å². The van der Waals surface area contributed by atoms with E-state index in [4.69, 9.17) is 6.42 Å². The Morgan fingerprint density at radius 2 is 2.07 bits per heavy atom. The summed E-state index contributed by atoms with van der Waals surface area (Å²) in [6, 6.07) is 10.4. The van der Waals surface area contributed by atoms with Gasteiger partial charge >= 0.3 is 0 Å². The quantitative estimate of drug-likeness (QED) is 0.520. The number of nitrogens with zero attached hydrogens (tertiary/aromatic N) is 1. The van der Waals surface area contributed by atoms with E-state index in [9.17, 15) is 0 Å². The van der Waals surface area contributed by atoms with Crippen LogP contribution in [0, 0.1) is 12.3 Å². The number of terminal acetylenes is 1. The Morgan fingerprint density at radius 3 is 2.67 bits per heavy atom. The van der Waals surface area contributed by atoms with Gasteiger partial charge in [-0.25, -0.2) is 0 Å². The molecule has 0 spiro atoms. The van der Waals surface area contributed by atoms with E-state index >= 15 is 0 Å². The molecule has 0 amide bonds. The lowest BCUT2D eigenvalue weighted by atomic mass is 10.2. The van der Waals surface area contributed by atoms with Crippen LogP contribution in [0.4, 0.5) is 0 Å². The van der Waals surface area contributed by atoms with Gasteiger partial charge in [0.15, 0.2) is 0 Å². The number of hydrogen-bond acceptors (Lipinski definition) is 1. The fourth-order valence-electron chi connectivity index (χ4n) is 1.41. The topological polar surface area (TPSA) is 3.24 Å². The lowest BCUT2D eigenvalue weighted by Crippen LogP contribution is -2.23. The molecule has 0 saturated carbocycles. The maximum atomic E-state index is 5.34. The summed E-state index contributed by atoms with van der Waals surface area (Å²) in [6.45, 7) is 4.54. The van der Waals surface area contributed by atoms with E-state index in [1.54, 1.807) is 0 Å². The van der Waals surface area contributed by atoms with Crippen molar-refractivity contribution in [2.75, 3.05) is 13.1 Å². The predicted molar refractivity (Wildman–Crippen MR) is 65.4 cm³/mol. The average molecular weight is 199 g/mol. The summed E-state index contributed by atoms with van der Waals surface area (Å²) >= 11 is 0. The first-order valence-corrected chi connectivity index (χ1v) is 5.17. The predicted octanol–water partition coefficient (Wildman–Crippen LogP) is 2.70. The zero-order chi connectivity index (χ0) is 10.9. The molecule has 1 aromatic carbocycles. The Morgan fingerprint density at radius 1 is 1.33 bits per heavy atom. The van der Waals surface area contributed by atoms with E-state index in [2.05, 4.69) is 47.2 Å². The maximum Gasteiger partial charge on any atom is 0.0604 e. The molecule has 0 unspecified atom stereocenters. The second-order valence-electron chi connectivity index (χ2n) is 3.43. The third-order valence-corrected chi connectivity index (χ3v) is 2.16. The van der Waals surface area contributed by atoms with Crippen molar-refractivity contribution < 1.29 is 0 Å². The van der Waals surface area contributed by atoms with E-state index in [1.807, 2.05) is 13.0 Å². The molecule has 1 rings (SSSR count). The molecule has 1 nitrogen and oxygen atoms in total. The van der Waals surface area contributed by atoms with Gasteiger partial charge in [-0.3, -0.25) is 4.90 Å². The molecule has 0 saturated heterocycles. The smallest absolute Gasteiger partial charge is 0.0604 e. The SMILES string of the molecule is C#CCN(CC=CC)Cc1ccccc1. The van der Waals surface area contributed by atoms with E-state index in [0.29, 0.717) is 6.54 Å². The van der Waals surface area contributed by atoms with Crippen molar-refractivity contribution in [1.29, 1.82) is 0 Å². The van der Waals surface area contributed by atoms with Crippen LogP contribution in [0.3, 0.4) is 0 Å². The first-order chi connectivity index (χ1) is 7.36. The van der Waals surface area contributed by atoms with Crippen LogP contribution >= 0.6 is 0 Å². The number of hydrogen-bond donors (Lipinski definition) is 0. The molecular formula is C14H17N. The summed E-state index contributed by atoms with van der Waals surface area (Å²) < 4.78 is 0. The van der Waals surface area contributed by atoms with E-state index in [0.717, 1.165) is 13.1 Å². The van der Waals surface area contributed by atoms with Crippen molar-refractivity contribution in [3.8, 4) is 12.3 Å². The van der Waals surface area contributed by atoms with Crippen molar-refractivity contribution in [3.63, 3.8) is 0 Å². The Kier molecular flexibility index (Phi) is 5.29. The lowest BCUT2D eigenvalue weighted by molar-refractivity contribution is 0.332. The van der Waals surface area contributed by atoms with Crippen LogP contribution in [0.5, 0.6) is 0 Å². The largest absolute Gasteiger partial charge is 0.284 e. The van der Waals surface area contributed by atoms with Gasteiger partial charge in [0.1, 0.15) is 0 Å². The van der Waals surface area contributed by atoms with Crippen molar-refractivity contribution in [1.82, 2.24) is 4.90 Å². The number of allylic oxidation sites excluding steroid dienone is 1. The van der Waals surface area contributed by atoms with Crippen LogP contribution in [-0.2, 0) is 6.54 Å². The van der Waals surface area contributed by atoms with Crippen LogP contribution in [0.15, 0.2) is 42.5 Å². The summed E-state index contributed by atoms with van der Waals surface area (Å²) in [5.74, 6) is 2.69. The standard InChI is InChI=1S/C14H17N/c1-3-5-12-15(11-4-2)13-14-9-7-6-8-10-14/h2-3,5-10H,11-13H2,1H3. The molecular weight excluding hydrogens is 182 g/mol. The highest BCUT2D eigenvalue weighted by molar-refractivity contribution is 5.14. The molecule has 1 aromatic rings. The maximum absolute atomic E-state index is 5.34. The highest BCUT2D eigenvalue weighted by Gasteiger charge is 2.01. The summed E-state index contributed by atoms with van der Waals surface area (Å²) in [5.41, 5.74) is 1.30. The Hall–Kier alpha value is -1.52. The molecule has 0 aliphatic rings. The van der Waals surface area contributed by atoms with Gasteiger partial charge < -0.3 is 0 Å². The van der Waals surface area contributed by atoms with Crippen LogP contribution in [0.25, 0.3) is 0 Å². The second-order valence-corrected chi connectivity index (χ2v) is 3.43. The average Bonchev–Trinajstić information content (AvgIpc) is 2.28. The van der Waals surface area contributed by atoms with Gasteiger partial charge in [0.2, 0.25) is 0 Å². The first kappa shape index (κ1) is 11.6. The minimum Gasteiger partial charge on any atom is -0.284 e. The molecule has 0 aliphatic heterocycles. The molecule has 15 heavy (non-hydrogen) atoms. The van der Waals surface area contributed by atoms with Gasteiger partial charge in [0.25, 0.3) is 0 Å². The van der Waals surface area contributed by atoms with Gasteiger partial charge in [-0.05, 0) is 12.5 Å². The van der Waals surface area contributed by atoms with Crippen LogP contribution < -0.4 is 0 Å². The highest BCUT2D eigenvalue weighted by atomic mass is 15.1. The molecule has 1 heteroatoms. The molecule has 0 radical (unpaired) electrons. The van der Waals surface area contributed by atoms with Gasteiger partial charge in [0.05, 0.1) is 6.54 Å². The summed E-state index contributed by atoms with van der Waals surface area (Å²) in [5, 5.41) is 0. The van der Waals surface area contributed by atoms with Gasteiger partial charge in [-0.1, -0.05) is 48.4 Å². The fraction of sp³-hybridized carbons (Fsp3) is 0.286. The molecule has 0 N–H and O–H groups in total. The first-order valence-electron chi connectivity index (χ1n) is 5.17. The zero-order valence-corrected chi connectivity index (χ0v) is 9.19. The normalized spacial score (nSPS) is 10.7. The van der Waals surface area contributed by atoms with Gasteiger partial charge in [-0.2, -0.15) is 0 Å². The number of rotatable bonds is 5. The van der Waals surface area contributed by atoms with Gasteiger partial charge in [0, 0.05) is 13.1 Å². The summed E-state index contributed by atoms with van der Waals surface area (Å²) in [7, 11) is 0. The Labute approximate surface area is 92.4 Å². The number of benzene rings is 1. The van der Waals surface area contributed by atoms with Crippen molar-refractivity contribution in [2.45, 2.75) is 13.5 Å². The van der Waals surface area contributed by atoms with Crippen molar-refractivity contribution in [3.05, 3.63) is 48.0 Å². The minimum absolute atomic E-state index is 0.694. The van der Waals surface area contributed by atoms with Crippen molar-refractivity contribution in [2.24, 2.45) is 0 Å². The second kappa shape index (κ2) is 6.86. The highest BCUT2D eigenvalue weighted by Crippen LogP contribution is 2.03. The van der Waals surface area contributed by atoms with E-state index in [1.165, 1.54) is 5.56 Å². The molecule has 0 atom stereocenters. The van der Waals surface area contributed by atoms with Crippen LogP contribution in [-0.4, -0.2) is 18.0 Å². The lowest BCUT2D eigenvalue weighted by Gasteiger charge is -2.17. The molecule has 0 bridgehead atoms. The molecule has 0 heterocycles. The molecule has 78 valence electrons. The zero-order valence-electron chi connectivity index (χ0n) is 9.19. The summed E-state index contributed by atoms with van der Waals surface area (Å²) in [6.07, 6.45) is 9.51. The molecule has 0 fully saturated rings. The Balaban J connectivity index is 2.55. The fourth-order valence-corrected chi connectivity index (χ4v) is 1.41. The van der Waals surface area contributed by atoms with E-state index in [-0.39, 0.29) is 0 Å².